The molecule has 0 bridgehead atoms. The third-order valence-corrected chi connectivity index (χ3v) is 11.4. The maximum absolute atomic E-state index is 6.57. The van der Waals surface area contributed by atoms with Crippen LogP contribution in [0, 0.1) is 5.92 Å². The number of hydrogen-bond donors (Lipinski definition) is 1. The molecule has 55 heavy (non-hydrogen) atoms. The SMILES string of the molecule is C1=CCC(C2N=C(C3=CCCC=C3)N=C(n3c4ccc5ccccc5c4c4cccc(-c5ccc6c(c5)N(C5=CCCC=C5)c5ccccc5O6)c43)N2)C=C1. The predicted octanol–water partition coefficient (Wildman–Crippen LogP) is 12.0. The fourth-order valence-electron chi connectivity index (χ4n) is 8.78. The topological polar surface area (TPSA) is 54.2 Å². The minimum atomic E-state index is -0.175. The van der Waals surface area contributed by atoms with Gasteiger partial charge in [0.25, 0.3) is 0 Å². The van der Waals surface area contributed by atoms with Crippen LogP contribution in [0.25, 0.3) is 43.7 Å². The third kappa shape index (κ3) is 5.31. The molecule has 5 aromatic carbocycles. The van der Waals surface area contributed by atoms with Crippen LogP contribution in [0.5, 0.6) is 11.5 Å². The molecule has 3 heterocycles. The van der Waals surface area contributed by atoms with Crippen molar-refractivity contribution in [2.24, 2.45) is 15.9 Å². The Bertz CT molecular complexity index is 2820. The molecule has 0 fully saturated rings. The Kier molecular flexibility index (Phi) is 7.54. The minimum Gasteiger partial charge on any atom is -0.453 e. The second-order valence-corrected chi connectivity index (χ2v) is 14.7. The lowest BCUT2D eigenvalue weighted by Gasteiger charge is -2.34. The van der Waals surface area contributed by atoms with Crippen LogP contribution in [0.4, 0.5) is 11.4 Å². The highest BCUT2D eigenvalue weighted by molar-refractivity contribution is 6.26. The van der Waals surface area contributed by atoms with Crippen molar-refractivity contribution in [2.75, 3.05) is 4.90 Å². The molecule has 6 heteroatoms. The summed E-state index contributed by atoms with van der Waals surface area (Å²) in [5, 5.41) is 8.69. The van der Waals surface area contributed by atoms with Crippen molar-refractivity contribution in [3.63, 3.8) is 0 Å². The highest BCUT2D eigenvalue weighted by Crippen LogP contribution is 2.51. The molecule has 266 valence electrons. The van der Waals surface area contributed by atoms with Crippen molar-refractivity contribution in [3.8, 4) is 22.6 Å². The lowest BCUT2D eigenvalue weighted by molar-refractivity contribution is 0.471. The summed E-state index contributed by atoms with van der Waals surface area (Å²) in [7, 11) is 0. The van der Waals surface area contributed by atoms with Crippen LogP contribution in [0.1, 0.15) is 32.1 Å². The molecule has 11 rings (SSSR count). The molecule has 6 nitrogen and oxygen atoms in total. The van der Waals surface area contributed by atoms with E-state index >= 15 is 0 Å². The van der Waals surface area contributed by atoms with Crippen LogP contribution in [0.2, 0.25) is 0 Å². The van der Waals surface area contributed by atoms with Gasteiger partial charge < -0.3 is 15.0 Å². The first-order chi connectivity index (χ1) is 27.3. The van der Waals surface area contributed by atoms with Crippen LogP contribution in [-0.4, -0.2) is 22.5 Å². The Hall–Kier alpha value is -6.66. The van der Waals surface area contributed by atoms with Gasteiger partial charge in [-0.15, -0.1) is 0 Å². The van der Waals surface area contributed by atoms with E-state index in [0.717, 1.165) is 100 Å². The number of aliphatic imine (C=N–C) groups is 2. The zero-order valence-electron chi connectivity index (χ0n) is 30.4. The Morgan fingerprint density at radius 1 is 0.709 bits per heavy atom. The number of rotatable bonds is 4. The van der Waals surface area contributed by atoms with E-state index < -0.39 is 0 Å². The second kappa shape index (κ2) is 13.0. The van der Waals surface area contributed by atoms with Gasteiger partial charge in [0.1, 0.15) is 6.17 Å². The van der Waals surface area contributed by atoms with E-state index in [2.05, 4.69) is 167 Å². The number of ether oxygens (including phenoxy) is 1. The van der Waals surface area contributed by atoms with Gasteiger partial charge in [-0.25, -0.2) is 4.99 Å². The maximum Gasteiger partial charge on any atom is 0.211 e. The molecule has 0 amide bonds. The number of amidine groups is 1. The molecular weight excluding hydrogens is 675 g/mol. The van der Waals surface area contributed by atoms with Gasteiger partial charge >= 0.3 is 0 Å². The lowest BCUT2D eigenvalue weighted by atomic mass is 9.97. The fourth-order valence-corrected chi connectivity index (χ4v) is 8.78. The van der Waals surface area contributed by atoms with Crippen molar-refractivity contribution in [1.29, 1.82) is 0 Å². The number of fused-ring (bicyclic) bond motifs is 7. The highest BCUT2D eigenvalue weighted by Gasteiger charge is 2.31. The Balaban J connectivity index is 1.16. The van der Waals surface area contributed by atoms with Crippen molar-refractivity contribution in [1.82, 2.24) is 9.88 Å². The van der Waals surface area contributed by atoms with Gasteiger partial charge in [-0.05, 0) is 84.8 Å². The summed E-state index contributed by atoms with van der Waals surface area (Å²) in [4.78, 5) is 13.0. The van der Waals surface area contributed by atoms with E-state index in [0.29, 0.717) is 0 Å². The van der Waals surface area contributed by atoms with Crippen LogP contribution < -0.4 is 15.0 Å². The Morgan fingerprint density at radius 3 is 2.44 bits per heavy atom. The molecule has 6 aromatic rings. The van der Waals surface area contributed by atoms with E-state index in [-0.39, 0.29) is 12.1 Å². The average molecular weight is 714 g/mol. The summed E-state index contributed by atoms with van der Waals surface area (Å²) in [6, 6.07) is 34.9. The summed E-state index contributed by atoms with van der Waals surface area (Å²) >= 11 is 0. The van der Waals surface area contributed by atoms with E-state index in [1.165, 1.54) is 21.5 Å². The van der Waals surface area contributed by atoms with Gasteiger partial charge in [-0.3, -0.25) is 4.57 Å². The average Bonchev–Trinajstić information content (AvgIpc) is 3.61. The van der Waals surface area contributed by atoms with Crippen molar-refractivity contribution >= 4 is 55.7 Å². The van der Waals surface area contributed by atoms with Crippen LogP contribution in [-0.2, 0) is 0 Å². The van der Waals surface area contributed by atoms with Crippen molar-refractivity contribution in [3.05, 3.63) is 169 Å². The quantitative estimate of drug-likeness (QED) is 0.198. The second-order valence-electron chi connectivity index (χ2n) is 14.7. The first-order valence-electron chi connectivity index (χ1n) is 19.5. The van der Waals surface area contributed by atoms with E-state index in [9.17, 15) is 0 Å². The smallest absolute Gasteiger partial charge is 0.211 e. The Labute approximate surface area is 320 Å². The van der Waals surface area contributed by atoms with Gasteiger partial charge in [-0.2, -0.15) is 4.99 Å². The number of benzene rings is 5. The number of aromatic nitrogens is 1. The lowest BCUT2D eigenvalue weighted by Crippen LogP contribution is -2.45. The molecule has 2 aliphatic heterocycles. The van der Waals surface area contributed by atoms with Gasteiger partial charge in [0.2, 0.25) is 5.96 Å². The minimum absolute atomic E-state index is 0.175. The summed E-state index contributed by atoms with van der Waals surface area (Å²) in [6.07, 6.45) is 27.1. The zero-order valence-corrected chi connectivity index (χ0v) is 30.4. The van der Waals surface area contributed by atoms with Crippen LogP contribution in [0.15, 0.2) is 179 Å². The molecule has 5 aliphatic rings. The summed E-state index contributed by atoms with van der Waals surface area (Å²) in [5.41, 5.74) is 8.74. The number of anilines is 2. The number of nitrogens with one attached hydrogen (secondary N) is 1. The monoisotopic (exact) mass is 713 g/mol. The first-order valence-corrected chi connectivity index (χ1v) is 19.5. The molecule has 3 aliphatic carbocycles. The number of allylic oxidation sites excluding steroid dienone is 8. The van der Waals surface area contributed by atoms with Crippen molar-refractivity contribution < 1.29 is 4.74 Å². The zero-order chi connectivity index (χ0) is 36.3. The van der Waals surface area contributed by atoms with Gasteiger partial charge in [0.05, 0.1) is 22.4 Å². The molecule has 1 N–H and O–H groups in total. The molecular formula is C49H39N5O. The number of para-hydroxylation sites is 3. The van der Waals surface area contributed by atoms with Crippen LogP contribution in [0.3, 0.4) is 0 Å². The van der Waals surface area contributed by atoms with E-state index in [1.807, 2.05) is 6.07 Å². The molecule has 0 saturated heterocycles. The molecule has 0 saturated carbocycles. The first kappa shape index (κ1) is 31.8. The summed E-state index contributed by atoms with van der Waals surface area (Å²) in [6.45, 7) is 0. The summed E-state index contributed by atoms with van der Waals surface area (Å²) in [5.74, 6) is 3.46. The van der Waals surface area contributed by atoms with Gasteiger partial charge in [-0.1, -0.05) is 121 Å². The fraction of sp³-hybridized carbons (Fsp3) is 0.143. The molecule has 0 spiro atoms. The molecule has 2 unspecified atom stereocenters. The van der Waals surface area contributed by atoms with Crippen molar-refractivity contribution in [2.45, 2.75) is 38.3 Å². The molecule has 1 aromatic heterocycles. The van der Waals surface area contributed by atoms with Crippen LogP contribution >= 0.6 is 0 Å². The number of hydrogen-bond acceptors (Lipinski definition) is 5. The summed E-state index contributed by atoms with van der Waals surface area (Å²) < 4.78 is 8.93. The van der Waals surface area contributed by atoms with E-state index in [1.54, 1.807) is 0 Å². The van der Waals surface area contributed by atoms with E-state index in [4.69, 9.17) is 14.7 Å². The molecule has 2 atom stereocenters. The Morgan fingerprint density at radius 2 is 1.56 bits per heavy atom. The third-order valence-electron chi connectivity index (χ3n) is 11.4. The number of nitrogens with zero attached hydrogens (tertiary/aromatic N) is 4. The maximum atomic E-state index is 6.57. The van der Waals surface area contributed by atoms with Gasteiger partial charge in [0.15, 0.2) is 17.3 Å². The predicted molar refractivity (Wildman–Crippen MR) is 228 cm³/mol. The largest absolute Gasteiger partial charge is 0.453 e. The molecule has 0 radical (unpaired) electrons. The normalized spacial score (nSPS) is 20.0. The standard InChI is InChI=1S/C49H39N5O/c1-4-16-33(17-5-1)47-50-48(34-18-6-2-7-19-34)52-49(51-47)54-41-29-27-32-15-10-11-22-37(32)45(41)39-24-14-23-38(46(39)54)35-28-30-44-42(31-35)53(36-20-8-3-9-21-36)40-25-12-13-26-43(40)55-44/h1,4-6,8,10-16,18-31,33,47H,2-3,7,9,17H2,(H,50,51,52). The highest BCUT2D eigenvalue weighted by atomic mass is 16.5. The van der Waals surface area contributed by atoms with Gasteiger partial charge in [0, 0.05) is 33.5 Å².